The lowest BCUT2D eigenvalue weighted by Gasteiger charge is -2.59. The van der Waals surface area contributed by atoms with Gasteiger partial charge in [0.25, 0.3) is 0 Å². The van der Waals surface area contributed by atoms with E-state index in [1.807, 2.05) is 6.08 Å². The summed E-state index contributed by atoms with van der Waals surface area (Å²) in [6.45, 7) is 3.40. The molecule has 27 heavy (non-hydrogen) atoms. The molecule has 0 saturated heterocycles. The van der Waals surface area contributed by atoms with Crippen molar-refractivity contribution < 1.29 is 14.6 Å². The Morgan fingerprint density at radius 3 is 2.85 bits per heavy atom. The highest BCUT2D eigenvalue weighted by molar-refractivity contribution is 5.91. The molecule has 146 valence electrons. The molecule has 0 radical (unpaired) electrons. The number of ether oxygens (including phenoxy) is 1. The van der Waals surface area contributed by atoms with Crippen LogP contribution in [0.1, 0.15) is 51.9 Å². The molecule has 0 bridgehead atoms. The van der Waals surface area contributed by atoms with Gasteiger partial charge < -0.3 is 9.84 Å². The first-order valence-corrected chi connectivity index (χ1v) is 11.3. The summed E-state index contributed by atoms with van der Waals surface area (Å²) in [5.74, 6) is 4.78. The molecule has 6 rings (SSSR count). The standard InChI is InChI=1S/C24H32O3/c1-2-23-8-6-17-16-5-4-15(26)11-18(16)14(13-25)10-19(17)22(23)20-12-21(20)24(23)7-3-9-27-24/h3,7,11,14,16-17,19-22,25H,2,4-6,8-10,12-13H2,1H3/t14-,16+,17?,19?,20+,21-,22?,23-,24-/m0/s1. The highest BCUT2D eigenvalue weighted by Crippen LogP contribution is 2.78. The SMILES string of the molecule is CC[C@]12CCC3C(C[C@@H](CO)C4=CC(=O)CC[C@@H]43)C1[C@@H]1C[C@@H]1[C@@]21C=CCO1. The molecule has 0 aromatic rings. The average Bonchev–Trinajstić information content (AvgIpc) is 3.25. The molecule has 3 unspecified atom stereocenters. The quantitative estimate of drug-likeness (QED) is 0.752. The number of hydrogen-bond acceptors (Lipinski definition) is 3. The van der Waals surface area contributed by atoms with Gasteiger partial charge in [-0.2, -0.15) is 0 Å². The summed E-state index contributed by atoms with van der Waals surface area (Å²) in [7, 11) is 0. The van der Waals surface area contributed by atoms with E-state index in [2.05, 4.69) is 19.1 Å². The Morgan fingerprint density at radius 1 is 1.22 bits per heavy atom. The zero-order valence-electron chi connectivity index (χ0n) is 16.4. The maximum Gasteiger partial charge on any atom is 0.155 e. The fourth-order valence-electron chi connectivity index (χ4n) is 9.00. The van der Waals surface area contributed by atoms with Gasteiger partial charge in [-0.3, -0.25) is 4.79 Å². The Bertz CT molecular complexity index is 738. The molecule has 1 spiro atoms. The van der Waals surface area contributed by atoms with Gasteiger partial charge in [0.15, 0.2) is 5.78 Å². The fraction of sp³-hybridized carbons (Fsp3) is 0.792. The molecule has 5 aliphatic carbocycles. The average molecular weight is 369 g/mol. The van der Waals surface area contributed by atoms with Crippen LogP contribution in [0.15, 0.2) is 23.8 Å². The molecule has 1 aliphatic heterocycles. The predicted molar refractivity (Wildman–Crippen MR) is 103 cm³/mol. The third kappa shape index (κ3) is 1.93. The zero-order valence-corrected chi connectivity index (χ0v) is 16.4. The summed E-state index contributed by atoms with van der Waals surface area (Å²) in [6.07, 6.45) is 14.6. The molecule has 1 heterocycles. The molecular weight excluding hydrogens is 336 g/mol. The molecule has 1 N–H and O–H groups in total. The van der Waals surface area contributed by atoms with E-state index >= 15 is 0 Å². The summed E-state index contributed by atoms with van der Waals surface area (Å²) < 4.78 is 6.56. The van der Waals surface area contributed by atoms with Crippen molar-refractivity contribution in [3.8, 4) is 0 Å². The van der Waals surface area contributed by atoms with E-state index in [0.29, 0.717) is 23.7 Å². The monoisotopic (exact) mass is 368 g/mol. The maximum atomic E-state index is 12.1. The molecule has 3 nitrogen and oxygen atoms in total. The van der Waals surface area contributed by atoms with Crippen LogP contribution >= 0.6 is 0 Å². The highest BCUT2D eigenvalue weighted by Gasteiger charge is 2.77. The van der Waals surface area contributed by atoms with Crippen molar-refractivity contribution >= 4 is 5.78 Å². The third-order valence-electron chi connectivity index (χ3n) is 9.84. The topological polar surface area (TPSA) is 46.5 Å². The van der Waals surface area contributed by atoms with Gasteiger partial charge in [-0.05, 0) is 80.1 Å². The van der Waals surface area contributed by atoms with Gasteiger partial charge in [0, 0.05) is 24.4 Å². The van der Waals surface area contributed by atoms with Gasteiger partial charge in [-0.1, -0.05) is 24.6 Å². The van der Waals surface area contributed by atoms with Crippen LogP contribution in [-0.2, 0) is 9.53 Å². The van der Waals surface area contributed by atoms with Crippen LogP contribution in [0, 0.1) is 46.8 Å². The van der Waals surface area contributed by atoms with E-state index in [4.69, 9.17) is 4.74 Å². The lowest BCUT2D eigenvalue weighted by atomic mass is 9.46. The smallest absolute Gasteiger partial charge is 0.155 e. The van der Waals surface area contributed by atoms with E-state index in [9.17, 15) is 9.90 Å². The molecule has 0 aromatic carbocycles. The Morgan fingerprint density at radius 2 is 2.11 bits per heavy atom. The summed E-state index contributed by atoms with van der Waals surface area (Å²) in [6, 6.07) is 0. The maximum absolute atomic E-state index is 12.1. The number of fused-ring (bicyclic) bond motifs is 9. The largest absolute Gasteiger partial charge is 0.396 e. The molecule has 6 aliphatic rings. The summed E-state index contributed by atoms with van der Waals surface area (Å²) in [5, 5.41) is 10.2. The molecular formula is C24H32O3. The predicted octanol–water partition coefficient (Wildman–Crippen LogP) is 3.92. The minimum absolute atomic E-state index is 0.00934. The number of hydrogen-bond donors (Lipinski definition) is 1. The second-order valence-corrected chi connectivity index (χ2v) is 10.3. The Hall–Kier alpha value is -0.930. The van der Waals surface area contributed by atoms with Crippen LogP contribution in [0.2, 0.25) is 0 Å². The third-order valence-corrected chi connectivity index (χ3v) is 9.84. The van der Waals surface area contributed by atoms with Crippen molar-refractivity contribution in [2.24, 2.45) is 46.8 Å². The minimum atomic E-state index is 0.00934. The number of aliphatic hydroxyl groups excluding tert-OH is 1. The molecule has 3 heteroatoms. The summed E-state index contributed by atoms with van der Waals surface area (Å²) in [5.41, 5.74) is 1.62. The van der Waals surface area contributed by atoms with E-state index in [0.717, 1.165) is 43.1 Å². The van der Waals surface area contributed by atoms with Gasteiger partial charge >= 0.3 is 0 Å². The number of ketones is 1. The molecule has 4 fully saturated rings. The van der Waals surface area contributed by atoms with Crippen LogP contribution in [0.3, 0.4) is 0 Å². The number of aliphatic hydroxyl groups is 1. The second-order valence-electron chi connectivity index (χ2n) is 10.3. The van der Waals surface area contributed by atoms with E-state index in [1.54, 1.807) is 0 Å². The first-order chi connectivity index (χ1) is 13.1. The molecule has 9 atom stereocenters. The van der Waals surface area contributed by atoms with Crippen molar-refractivity contribution in [2.75, 3.05) is 13.2 Å². The Balaban J connectivity index is 1.42. The lowest BCUT2D eigenvalue weighted by Crippen LogP contribution is -2.56. The minimum Gasteiger partial charge on any atom is -0.396 e. The van der Waals surface area contributed by atoms with Gasteiger partial charge in [-0.15, -0.1) is 0 Å². The molecule has 0 aromatic heterocycles. The summed E-state index contributed by atoms with van der Waals surface area (Å²) in [4.78, 5) is 12.1. The summed E-state index contributed by atoms with van der Waals surface area (Å²) >= 11 is 0. The molecule has 4 saturated carbocycles. The van der Waals surface area contributed by atoms with Crippen LogP contribution in [0.25, 0.3) is 0 Å². The van der Waals surface area contributed by atoms with Crippen LogP contribution in [0.4, 0.5) is 0 Å². The Labute approximate surface area is 162 Å². The number of carbonyl (C=O) groups excluding carboxylic acids is 1. The zero-order chi connectivity index (χ0) is 18.4. The van der Waals surface area contributed by atoms with Crippen molar-refractivity contribution in [2.45, 2.75) is 57.5 Å². The van der Waals surface area contributed by atoms with Crippen molar-refractivity contribution in [1.82, 2.24) is 0 Å². The van der Waals surface area contributed by atoms with Crippen LogP contribution in [-0.4, -0.2) is 29.7 Å². The van der Waals surface area contributed by atoms with Gasteiger partial charge in [0.05, 0.1) is 12.2 Å². The van der Waals surface area contributed by atoms with Crippen LogP contribution in [0.5, 0.6) is 0 Å². The number of rotatable bonds is 2. The van der Waals surface area contributed by atoms with Gasteiger partial charge in [-0.25, -0.2) is 0 Å². The van der Waals surface area contributed by atoms with Crippen molar-refractivity contribution in [3.05, 3.63) is 23.8 Å². The van der Waals surface area contributed by atoms with Gasteiger partial charge in [0.2, 0.25) is 0 Å². The van der Waals surface area contributed by atoms with Crippen molar-refractivity contribution in [1.29, 1.82) is 0 Å². The second kappa shape index (κ2) is 5.57. The fourth-order valence-corrected chi connectivity index (χ4v) is 9.00. The Kier molecular flexibility index (Phi) is 3.50. The van der Waals surface area contributed by atoms with Crippen LogP contribution < -0.4 is 0 Å². The molecule has 0 amide bonds. The van der Waals surface area contributed by atoms with E-state index in [1.165, 1.54) is 31.3 Å². The number of carbonyl (C=O) groups is 1. The van der Waals surface area contributed by atoms with E-state index in [-0.39, 0.29) is 23.9 Å². The van der Waals surface area contributed by atoms with E-state index < -0.39 is 0 Å². The normalized spacial score (nSPS) is 55.0. The first kappa shape index (κ1) is 17.0. The van der Waals surface area contributed by atoms with Gasteiger partial charge in [0.1, 0.15) is 0 Å². The van der Waals surface area contributed by atoms with Crippen molar-refractivity contribution in [3.63, 3.8) is 0 Å². The lowest BCUT2D eigenvalue weighted by molar-refractivity contribution is -0.146. The highest BCUT2D eigenvalue weighted by atomic mass is 16.5. The first-order valence-electron chi connectivity index (χ1n) is 11.3.